The Morgan fingerprint density at radius 1 is 0.879 bits per heavy atom. The Bertz CT molecular complexity index is 1360. The molecular weight excluding hydrogens is 414 g/mol. The number of rotatable bonds is 7. The molecule has 0 unspecified atom stereocenters. The average molecular weight is 440 g/mol. The van der Waals surface area contributed by atoms with E-state index < -0.39 is 5.92 Å². The monoisotopic (exact) mass is 439 g/mol. The van der Waals surface area contributed by atoms with E-state index in [1.807, 2.05) is 77.7 Å². The van der Waals surface area contributed by atoms with Crippen molar-refractivity contribution in [2.24, 2.45) is 0 Å². The highest BCUT2D eigenvalue weighted by atomic mass is 16.3. The van der Waals surface area contributed by atoms with Gasteiger partial charge in [-0.1, -0.05) is 60.7 Å². The smallest absolute Gasteiger partial charge is 0.261 e. The van der Waals surface area contributed by atoms with Crippen molar-refractivity contribution >= 4 is 22.5 Å². The van der Waals surface area contributed by atoms with E-state index in [0.717, 1.165) is 16.8 Å². The Kier molecular flexibility index (Phi) is 5.75. The predicted molar refractivity (Wildman–Crippen MR) is 128 cm³/mol. The summed E-state index contributed by atoms with van der Waals surface area (Å²) in [7, 11) is 0. The topological polar surface area (TPSA) is 75.4 Å². The molecule has 0 saturated heterocycles. The molecule has 6 nitrogen and oxygen atoms in total. The Balaban J connectivity index is 1.55. The molecule has 0 radical (unpaired) electrons. The zero-order chi connectivity index (χ0) is 22.8. The van der Waals surface area contributed by atoms with Crippen LogP contribution in [0, 0.1) is 0 Å². The number of aliphatic hydroxyl groups excluding tert-OH is 1. The second-order valence-corrected chi connectivity index (χ2v) is 8.30. The third-order valence-corrected chi connectivity index (χ3v) is 6.22. The first-order chi connectivity index (χ1) is 16.2. The summed E-state index contributed by atoms with van der Waals surface area (Å²) in [4.78, 5) is 33.4. The number of hydrogen-bond acceptors (Lipinski definition) is 4. The number of aromatic nitrogens is 2. The second kappa shape index (κ2) is 9.00. The van der Waals surface area contributed by atoms with Crippen LogP contribution in [0.2, 0.25) is 0 Å². The molecule has 6 heteroatoms. The summed E-state index contributed by atoms with van der Waals surface area (Å²) in [6.45, 7) is 0.837. The van der Waals surface area contributed by atoms with Crippen LogP contribution in [-0.4, -0.2) is 27.2 Å². The van der Waals surface area contributed by atoms with E-state index in [0.29, 0.717) is 42.7 Å². The lowest BCUT2D eigenvalue weighted by molar-refractivity contribution is -0.119. The zero-order valence-electron chi connectivity index (χ0n) is 18.2. The van der Waals surface area contributed by atoms with Crippen LogP contribution in [0.15, 0.2) is 83.7 Å². The quantitative estimate of drug-likeness (QED) is 0.477. The zero-order valence-corrected chi connectivity index (χ0v) is 18.2. The summed E-state index contributed by atoms with van der Waals surface area (Å²) < 4.78 is 1.62. The molecule has 3 aromatic carbocycles. The van der Waals surface area contributed by atoms with Gasteiger partial charge in [-0.15, -0.1) is 0 Å². The van der Waals surface area contributed by atoms with Gasteiger partial charge < -0.3 is 10.0 Å². The Morgan fingerprint density at radius 3 is 2.42 bits per heavy atom. The van der Waals surface area contributed by atoms with Crippen LogP contribution in [0.25, 0.3) is 10.9 Å². The van der Waals surface area contributed by atoms with Crippen LogP contribution >= 0.6 is 0 Å². The minimum Gasteiger partial charge on any atom is -0.396 e. The van der Waals surface area contributed by atoms with Crippen molar-refractivity contribution in [3.05, 3.63) is 106 Å². The molecule has 1 aromatic heterocycles. The molecule has 0 spiro atoms. The van der Waals surface area contributed by atoms with Gasteiger partial charge in [-0.3, -0.25) is 14.2 Å². The van der Waals surface area contributed by atoms with Crippen molar-refractivity contribution in [3.8, 4) is 0 Å². The lowest BCUT2D eigenvalue weighted by atomic mass is 9.96. The highest BCUT2D eigenvalue weighted by Crippen LogP contribution is 2.39. The molecule has 1 N–H and O–H groups in total. The average Bonchev–Trinajstić information content (AvgIpc) is 3.10. The van der Waals surface area contributed by atoms with Gasteiger partial charge in [0.25, 0.3) is 5.56 Å². The van der Waals surface area contributed by atoms with Gasteiger partial charge >= 0.3 is 0 Å². The maximum atomic E-state index is 13.6. The van der Waals surface area contributed by atoms with E-state index in [4.69, 9.17) is 4.98 Å². The summed E-state index contributed by atoms with van der Waals surface area (Å²) >= 11 is 0. The molecule has 1 aliphatic heterocycles. The molecule has 1 aliphatic rings. The summed E-state index contributed by atoms with van der Waals surface area (Å²) in [5.41, 5.74) is 3.41. The summed E-state index contributed by atoms with van der Waals surface area (Å²) in [6.07, 6.45) is 0.773. The first-order valence-corrected chi connectivity index (χ1v) is 11.2. The first-order valence-electron chi connectivity index (χ1n) is 11.2. The third kappa shape index (κ3) is 3.94. The second-order valence-electron chi connectivity index (χ2n) is 8.30. The van der Waals surface area contributed by atoms with E-state index in [1.54, 1.807) is 10.6 Å². The standard InChI is InChI=1S/C27H25N3O3/c31-16-8-15-29-25(28-23-13-6-4-12-21(23)26(29)32)17-22-20-11-5-7-14-24(20)30(27(22)33)18-19-9-2-1-3-10-19/h1-7,9-14,22,31H,8,15-18H2/t22-/m1/s1. The van der Waals surface area contributed by atoms with Gasteiger partial charge in [0, 0.05) is 25.3 Å². The summed E-state index contributed by atoms with van der Waals surface area (Å²) in [6, 6.07) is 25.0. The normalized spacial score (nSPS) is 15.2. The molecule has 33 heavy (non-hydrogen) atoms. The van der Waals surface area contributed by atoms with Crippen LogP contribution in [0.3, 0.4) is 0 Å². The van der Waals surface area contributed by atoms with Crippen LogP contribution in [0.4, 0.5) is 5.69 Å². The number of amides is 1. The number of benzene rings is 3. The number of hydrogen-bond donors (Lipinski definition) is 1. The van der Waals surface area contributed by atoms with Crippen molar-refractivity contribution in [1.29, 1.82) is 0 Å². The Hall–Kier alpha value is -3.77. The van der Waals surface area contributed by atoms with E-state index in [9.17, 15) is 14.7 Å². The third-order valence-electron chi connectivity index (χ3n) is 6.22. The maximum absolute atomic E-state index is 13.6. The van der Waals surface area contributed by atoms with Gasteiger partial charge in [0.1, 0.15) is 5.82 Å². The van der Waals surface area contributed by atoms with Gasteiger partial charge in [-0.2, -0.15) is 0 Å². The maximum Gasteiger partial charge on any atom is 0.261 e. The lowest BCUT2D eigenvalue weighted by Crippen LogP contribution is -2.31. The number of nitrogens with zero attached hydrogens (tertiary/aromatic N) is 3. The summed E-state index contributed by atoms with van der Waals surface area (Å²) in [5.74, 6) is 0.163. The Labute approximate surface area is 191 Å². The van der Waals surface area contributed by atoms with Gasteiger partial charge in [0.2, 0.25) is 5.91 Å². The molecule has 4 aromatic rings. The molecule has 0 bridgehead atoms. The lowest BCUT2D eigenvalue weighted by Gasteiger charge is -2.19. The minimum absolute atomic E-state index is 0.0103. The largest absolute Gasteiger partial charge is 0.396 e. The fourth-order valence-corrected chi connectivity index (χ4v) is 4.61. The highest BCUT2D eigenvalue weighted by molar-refractivity contribution is 6.05. The van der Waals surface area contributed by atoms with Gasteiger partial charge in [-0.25, -0.2) is 4.98 Å². The SMILES string of the molecule is O=C1[C@H](Cc2nc3ccccc3c(=O)n2CCCO)c2ccccc2N1Cc1ccccc1. The minimum atomic E-state index is -0.418. The van der Waals surface area contributed by atoms with Gasteiger partial charge in [0.05, 0.1) is 23.4 Å². The van der Waals surface area contributed by atoms with Crippen molar-refractivity contribution in [1.82, 2.24) is 9.55 Å². The number of carbonyl (C=O) groups is 1. The van der Waals surface area contributed by atoms with Crippen LogP contribution in [0.1, 0.15) is 29.3 Å². The predicted octanol–water partition coefficient (Wildman–Crippen LogP) is 3.65. The number of carbonyl (C=O) groups excluding carboxylic acids is 1. The van der Waals surface area contributed by atoms with Crippen molar-refractivity contribution in [2.75, 3.05) is 11.5 Å². The van der Waals surface area contributed by atoms with Crippen LogP contribution in [0.5, 0.6) is 0 Å². The highest BCUT2D eigenvalue weighted by Gasteiger charge is 2.37. The van der Waals surface area contributed by atoms with Crippen molar-refractivity contribution in [2.45, 2.75) is 31.8 Å². The van der Waals surface area contributed by atoms with Crippen molar-refractivity contribution < 1.29 is 9.90 Å². The fraction of sp³-hybridized carbons (Fsp3) is 0.222. The molecule has 2 heterocycles. The number of anilines is 1. The number of fused-ring (bicyclic) bond motifs is 2. The van der Waals surface area contributed by atoms with Crippen LogP contribution < -0.4 is 10.5 Å². The molecule has 1 atom stereocenters. The van der Waals surface area contributed by atoms with E-state index in [1.165, 1.54) is 0 Å². The molecule has 0 aliphatic carbocycles. The van der Waals surface area contributed by atoms with E-state index >= 15 is 0 Å². The molecule has 1 amide bonds. The van der Waals surface area contributed by atoms with E-state index in [-0.39, 0.29) is 18.1 Å². The molecule has 0 saturated carbocycles. The molecule has 5 rings (SSSR count). The number of para-hydroxylation sites is 2. The molecular formula is C27H25N3O3. The Morgan fingerprint density at radius 2 is 1.61 bits per heavy atom. The number of aliphatic hydroxyl groups is 1. The fourth-order valence-electron chi connectivity index (χ4n) is 4.61. The van der Waals surface area contributed by atoms with Gasteiger partial charge in [0.15, 0.2) is 0 Å². The van der Waals surface area contributed by atoms with Crippen molar-refractivity contribution in [3.63, 3.8) is 0 Å². The van der Waals surface area contributed by atoms with E-state index in [2.05, 4.69) is 0 Å². The molecule has 166 valence electrons. The summed E-state index contributed by atoms with van der Waals surface area (Å²) in [5, 5.41) is 9.90. The van der Waals surface area contributed by atoms with Gasteiger partial charge in [-0.05, 0) is 35.7 Å². The molecule has 0 fully saturated rings. The first kappa shape index (κ1) is 21.1. The van der Waals surface area contributed by atoms with Crippen LogP contribution in [-0.2, 0) is 24.3 Å².